The lowest BCUT2D eigenvalue weighted by molar-refractivity contribution is 0.147. The molecule has 2 N–H and O–H groups in total. The number of aliphatic hydroxyl groups is 1. The number of hydrogen-bond donors (Lipinski definition) is 2. The van der Waals surface area contributed by atoms with Crippen molar-refractivity contribution in [3.8, 4) is 5.75 Å². The molecule has 6 heteroatoms. The molecule has 2 aliphatic heterocycles. The van der Waals surface area contributed by atoms with Crippen LogP contribution in [-0.4, -0.2) is 60.6 Å². The summed E-state index contributed by atoms with van der Waals surface area (Å²) < 4.78 is 5.95. The molecule has 1 aromatic rings. The van der Waals surface area contributed by atoms with Gasteiger partial charge in [-0.05, 0) is 54.4 Å². The molecule has 24 heavy (non-hydrogen) atoms. The zero-order chi connectivity index (χ0) is 16.7. The van der Waals surface area contributed by atoms with Crippen LogP contribution in [0.3, 0.4) is 0 Å². The van der Waals surface area contributed by atoms with Crippen LogP contribution < -0.4 is 9.64 Å². The second kappa shape index (κ2) is 6.16. The lowest BCUT2D eigenvalue weighted by Crippen LogP contribution is -2.36. The summed E-state index contributed by atoms with van der Waals surface area (Å²) in [7, 11) is 0. The highest BCUT2D eigenvalue weighted by molar-refractivity contribution is 5.72. The van der Waals surface area contributed by atoms with Crippen LogP contribution in [0.25, 0.3) is 0 Å². The third-order valence-corrected chi connectivity index (χ3v) is 5.35. The summed E-state index contributed by atoms with van der Waals surface area (Å²) in [5, 5.41) is 18.7. The van der Waals surface area contributed by atoms with Crippen molar-refractivity contribution in [3.05, 3.63) is 22.8 Å². The molecule has 0 saturated heterocycles. The summed E-state index contributed by atoms with van der Waals surface area (Å²) in [4.78, 5) is 15.1. The number of carbonyl (C=O) groups is 1. The molecule has 4 rings (SSSR count). The molecule has 3 aliphatic rings. The Morgan fingerprint density at radius 1 is 1.25 bits per heavy atom. The summed E-state index contributed by atoms with van der Waals surface area (Å²) in [6, 6.07) is 2.12. The van der Waals surface area contributed by atoms with Gasteiger partial charge in [0, 0.05) is 19.6 Å². The summed E-state index contributed by atoms with van der Waals surface area (Å²) in [5.74, 6) is 1.48. The van der Waals surface area contributed by atoms with Crippen molar-refractivity contribution in [3.63, 3.8) is 0 Å². The van der Waals surface area contributed by atoms with E-state index >= 15 is 0 Å². The molecule has 0 aromatic heterocycles. The number of hydrogen-bond acceptors (Lipinski definition) is 4. The van der Waals surface area contributed by atoms with E-state index in [4.69, 9.17) is 4.74 Å². The fourth-order valence-electron chi connectivity index (χ4n) is 4.06. The van der Waals surface area contributed by atoms with Crippen LogP contribution in [0.15, 0.2) is 6.07 Å². The van der Waals surface area contributed by atoms with Crippen molar-refractivity contribution >= 4 is 11.8 Å². The molecule has 6 nitrogen and oxygen atoms in total. The predicted molar refractivity (Wildman–Crippen MR) is 90.2 cm³/mol. The van der Waals surface area contributed by atoms with Gasteiger partial charge in [-0.3, -0.25) is 0 Å². The number of anilines is 1. The van der Waals surface area contributed by atoms with E-state index < -0.39 is 6.09 Å². The second-order valence-corrected chi connectivity index (χ2v) is 6.88. The number of carboxylic acid groups (broad SMARTS) is 1. The molecular formula is C18H24N2O4. The van der Waals surface area contributed by atoms with E-state index in [1.807, 2.05) is 0 Å². The van der Waals surface area contributed by atoms with E-state index in [-0.39, 0.29) is 6.61 Å². The lowest BCUT2D eigenvalue weighted by atomic mass is 9.91. The van der Waals surface area contributed by atoms with Gasteiger partial charge in [-0.25, -0.2) is 4.79 Å². The van der Waals surface area contributed by atoms with Gasteiger partial charge in [-0.1, -0.05) is 0 Å². The van der Waals surface area contributed by atoms with Crippen molar-refractivity contribution in [2.75, 3.05) is 44.3 Å². The van der Waals surface area contributed by atoms with E-state index in [1.165, 1.54) is 34.4 Å². The van der Waals surface area contributed by atoms with Gasteiger partial charge in [-0.15, -0.1) is 0 Å². The fraction of sp³-hybridized carbons (Fsp3) is 0.611. The van der Waals surface area contributed by atoms with Gasteiger partial charge in [0.1, 0.15) is 12.4 Å². The maximum atomic E-state index is 11.3. The molecule has 0 atom stereocenters. The first-order chi connectivity index (χ1) is 11.7. The zero-order valence-corrected chi connectivity index (χ0v) is 13.8. The minimum Gasteiger partial charge on any atom is -0.490 e. The number of fused-ring (bicyclic) bond motifs is 2. The van der Waals surface area contributed by atoms with E-state index in [0.29, 0.717) is 32.2 Å². The highest BCUT2D eigenvalue weighted by Crippen LogP contribution is 2.51. The Balaban J connectivity index is 1.79. The third-order valence-electron chi connectivity index (χ3n) is 5.35. The van der Waals surface area contributed by atoms with Crippen LogP contribution in [-0.2, 0) is 12.8 Å². The summed E-state index contributed by atoms with van der Waals surface area (Å²) >= 11 is 0. The van der Waals surface area contributed by atoms with Crippen LogP contribution in [0.1, 0.15) is 35.4 Å². The van der Waals surface area contributed by atoms with Crippen LogP contribution in [0, 0.1) is 0 Å². The Morgan fingerprint density at radius 2 is 2.04 bits per heavy atom. The maximum absolute atomic E-state index is 11.3. The molecule has 1 saturated carbocycles. The smallest absolute Gasteiger partial charge is 0.407 e. The molecule has 2 heterocycles. The van der Waals surface area contributed by atoms with Gasteiger partial charge in [0.2, 0.25) is 0 Å². The van der Waals surface area contributed by atoms with Crippen LogP contribution in [0.4, 0.5) is 10.5 Å². The molecule has 1 aromatic carbocycles. The summed E-state index contributed by atoms with van der Waals surface area (Å²) in [6.45, 7) is 3.29. The first-order valence-corrected chi connectivity index (χ1v) is 8.84. The van der Waals surface area contributed by atoms with E-state index in [9.17, 15) is 15.0 Å². The molecule has 0 bridgehead atoms. The Labute approximate surface area is 141 Å². The average Bonchev–Trinajstić information content (AvgIpc) is 3.40. The average molecular weight is 332 g/mol. The quantitative estimate of drug-likeness (QED) is 0.883. The number of amides is 1. The fourth-order valence-corrected chi connectivity index (χ4v) is 4.06. The number of β-amino-alcohol motifs (C(OH)–C–C–N with tert-alkyl or cyclic N) is 1. The maximum Gasteiger partial charge on any atom is 0.407 e. The standard InChI is InChI=1S/C18H24N2O4/c21-9-7-19-8-10-24-15-11-13-3-5-20(18(22)23)6-4-14(13)16(17(15)19)12-1-2-12/h11-12,21H,1-10H2,(H,22,23). The van der Waals surface area contributed by atoms with E-state index in [2.05, 4.69) is 11.0 Å². The van der Waals surface area contributed by atoms with E-state index in [1.54, 1.807) is 0 Å². The molecule has 1 fully saturated rings. The van der Waals surface area contributed by atoms with Gasteiger partial charge >= 0.3 is 6.09 Å². The van der Waals surface area contributed by atoms with Crippen molar-refractivity contribution < 1.29 is 19.7 Å². The zero-order valence-electron chi connectivity index (χ0n) is 13.8. The molecule has 0 unspecified atom stereocenters. The number of aliphatic hydroxyl groups excluding tert-OH is 1. The first kappa shape index (κ1) is 15.6. The molecular weight excluding hydrogens is 308 g/mol. The van der Waals surface area contributed by atoms with Crippen molar-refractivity contribution in [2.45, 2.75) is 31.6 Å². The van der Waals surface area contributed by atoms with Crippen LogP contribution in [0.2, 0.25) is 0 Å². The highest BCUT2D eigenvalue weighted by atomic mass is 16.5. The van der Waals surface area contributed by atoms with Crippen LogP contribution >= 0.6 is 0 Å². The minimum absolute atomic E-state index is 0.132. The highest BCUT2D eigenvalue weighted by Gasteiger charge is 2.35. The Kier molecular flexibility index (Phi) is 4.00. The van der Waals surface area contributed by atoms with E-state index in [0.717, 1.165) is 30.8 Å². The molecule has 1 amide bonds. The van der Waals surface area contributed by atoms with Gasteiger partial charge < -0.3 is 24.7 Å². The van der Waals surface area contributed by atoms with Crippen molar-refractivity contribution in [2.24, 2.45) is 0 Å². The summed E-state index contributed by atoms with van der Waals surface area (Å²) in [6.07, 6.45) is 3.07. The Hall–Kier alpha value is -1.95. The molecule has 130 valence electrons. The van der Waals surface area contributed by atoms with Gasteiger partial charge in [0.15, 0.2) is 0 Å². The van der Waals surface area contributed by atoms with Crippen molar-refractivity contribution in [1.82, 2.24) is 4.90 Å². The van der Waals surface area contributed by atoms with Gasteiger partial charge in [0.05, 0.1) is 18.8 Å². The molecule has 1 aliphatic carbocycles. The van der Waals surface area contributed by atoms with Crippen molar-refractivity contribution in [1.29, 1.82) is 0 Å². The van der Waals surface area contributed by atoms with Gasteiger partial charge in [0.25, 0.3) is 0 Å². The summed E-state index contributed by atoms with van der Waals surface area (Å²) in [5.41, 5.74) is 5.09. The monoisotopic (exact) mass is 332 g/mol. The Bertz CT molecular complexity index is 657. The third kappa shape index (κ3) is 2.69. The minimum atomic E-state index is -0.835. The van der Waals surface area contributed by atoms with Gasteiger partial charge in [-0.2, -0.15) is 0 Å². The lowest BCUT2D eigenvalue weighted by Gasteiger charge is -2.34. The second-order valence-electron chi connectivity index (χ2n) is 6.88. The normalized spacial score (nSPS) is 20.0. The Morgan fingerprint density at radius 3 is 2.75 bits per heavy atom. The number of nitrogens with zero attached hydrogens (tertiary/aromatic N) is 2. The number of benzene rings is 1. The molecule has 0 spiro atoms. The van der Waals surface area contributed by atoms with Crippen LogP contribution in [0.5, 0.6) is 5.75 Å². The topological polar surface area (TPSA) is 73.2 Å². The first-order valence-electron chi connectivity index (χ1n) is 8.84. The number of ether oxygens (including phenoxy) is 1. The largest absolute Gasteiger partial charge is 0.490 e. The number of rotatable bonds is 3. The SMILES string of the molecule is O=C(O)N1CCc2cc3c(c(C4CC4)c2CC1)N(CCO)CCO3. The molecule has 0 radical (unpaired) electrons. The predicted octanol–water partition coefficient (Wildman–Crippen LogP) is 1.83.